The number of hydrogen-bond acceptors (Lipinski definition) is 2. The second-order valence-electron chi connectivity index (χ2n) is 4.57. The van der Waals surface area contributed by atoms with E-state index in [0.29, 0.717) is 11.3 Å². The van der Waals surface area contributed by atoms with Crippen LogP contribution in [0.2, 0.25) is 0 Å². The Morgan fingerprint density at radius 2 is 2.06 bits per heavy atom. The first-order valence-corrected chi connectivity index (χ1v) is 5.10. The summed E-state index contributed by atoms with van der Waals surface area (Å²) in [4.78, 5) is 0. The standard InChI is InChI=1S/C14H15NO/c1-5-8-16-13-9-11(10-15)6-7-12(13)14(2,3)4/h1,6-7,9H,8H2,2-4H3. The molecule has 0 bridgehead atoms. The van der Waals surface area contributed by atoms with Crippen molar-refractivity contribution in [3.8, 4) is 24.2 Å². The largest absolute Gasteiger partial charge is 0.481 e. The highest BCUT2D eigenvalue weighted by molar-refractivity contribution is 5.45. The molecular formula is C14H15NO. The molecule has 0 aromatic heterocycles. The van der Waals surface area contributed by atoms with Crippen molar-refractivity contribution in [1.29, 1.82) is 5.26 Å². The first kappa shape index (κ1) is 12.1. The van der Waals surface area contributed by atoms with Gasteiger partial charge in [0.05, 0.1) is 11.6 Å². The number of terminal acetylenes is 1. The van der Waals surface area contributed by atoms with Gasteiger partial charge < -0.3 is 4.74 Å². The molecule has 82 valence electrons. The topological polar surface area (TPSA) is 33.0 Å². The Morgan fingerprint density at radius 1 is 1.38 bits per heavy atom. The molecule has 1 aromatic carbocycles. The maximum Gasteiger partial charge on any atom is 0.148 e. The first-order valence-electron chi connectivity index (χ1n) is 5.10. The summed E-state index contributed by atoms with van der Waals surface area (Å²) in [6.07, 6.45) is 5.17. The second kappa shape index (κ2) is 4.73. The van der Waals surface area contributed by atoms with Crippen LogP contribution in [-0.4, -0.2) is 6.61 Å². The lowest BCUT2D eigenvalue weighted by molar-refractivity contribution is 0.357. The summed E-state index contributed by atoms with van der Waals surface area (Å²) >= 11 is 0. The zero-order valence-electron chi connectivity index (χ0n) is 9.87. The molecule has 0 aliphatic rings. The Labute approximate surface area is 96.9 Å². The predicted molar refractivity (Wildman–Crippen MR) is 64.2 cm³/mol. The molecule has 2 heteroatoms. The van der Waals surface area contributed by atoms with E-state index in [1.807, 2.05) is 6.07 Å². The van der Waals surface area contributed by atoms with Gasteiger partial charge in [-0.1, -0.05) is 32.8 Å². The molecule has 1 aromatic rings. The Morgan fingerprint density at radius 3 is 2.56 bits per heavy atom. The van der Waals surface area contributed by atoms with Crippen LogP contribution in [0.3, 0.4) is 0 Å². The van der Waals surface area contributed by atoms with Crippen LogP contribution in [0.4, 0.5) is 0 Å². The highest BCUT2D eigenvalue weighted by Crippen LogP contribution is 2.31. The minimum absolute atomic E-state index is 0.0298. The molecule has 0 radical (unpaired) electrons. The predicted octanol–water partition coefficient (Wildman–Crippen LogP) is 2.87. The van der Waals surface area contributed by atoms with Crippen LogP contribution in [0.15, 0.2) is 18.2 Å². The lowest BCUT2D eigenvalue weighted by Gasteiger charge is -2.22. The van der Waals surface area contributed by atoms with Gasteiger partial charge in [-0.25, -0.2) is 0 Å². The van der Waals surface area contributed by atoms with Crippen molar-refractivity contribution in [2.24, 2.45) is 0 Å². The molecule has 0 heterocycles. The molecule has 0 aliphatic carbocycles. The monoisotopic (exact) mass is 213 g/mol. The highest BCUT2D eigenvalue weighted by atomic mass is 16.5. The van der Waals surface area contributed by atoms with Gasteiger partial charge >= 0.3 is 0 Å². The molecule has 0 spiro atoms. The molecule has 16 heavy (non-hydrogen) atoms. The fraction of sp³-hybridized carbons (Fsp3) is 0.357. The molecule has 0 saturated heterocycles. The van der Waals surface area contributed by atoms with Crippen molar-refractivity contribution in [3.05, 3.63) is 29.3 Å². The highest BCUT2D eigenvalue weighted by Gasteiger charge is 2.19. The Bertz CT molecular complexity index is 455. The summed E-state index contributed by atoms with van der Waals surface area (Å²) in [6, 6.07) is 7.54. The normalized spacial score (nSPS) is 10.3. The third kappa shape index (κ3) is 2.78. The fourth-order valence-corrected chi connectivity index (χ4v) is 1.45. The van der Waals surface area contributed by atoms with E-state index in [4.69, 9.17) is 16.4 Å². The summed E-state index contributed by atoms with van der Waals surface area (Å²) in [5, 5.41) is 8.84. The lowest BCUT2D eigenvalue weighted by atomic mass is 9.86. The molecule has 0 saturated carbocycles. The van der Waals surface area contributed by atoms with E-state index in [0.717, 1.165) is 5.56 Å². The zero-order valence-corrected chi connectivity index (χ0v) is 9.87. The maximum atomic E-state index is 8.84. The van der Waals surface area contributed by atoms with E-state index in [9.17, 15) is 0 Å². The lowest BCUT2D eigenvalue weighted by Crippen LogP contribution is -2.13. The van der Waals surface area contributed by atoms with Crippen LogP contribution in [0.5, 0.6) is 5.75 Å². The summed E-state index contributed by atoms with van der Waals surface area (Å²) in [6.45, 7) is 6.50. The summed E-state index contributed by atoms with van der Waals surface area (Å²) in [7, 11) is 0. The van der Waals surface area contributed by atoms with Gasteiger partial charge in [0.1, 0.15) is 12.4 Å². The van der Waals surface area contributed by atoms with Gasteiger partial charge in [0.15, 0.2) is 0 Å². The van der Waals surface area contributed by atoms with Crippen molar-refractivity contribution in [1.82, 2.24) is 0 Å². The smallest absolute Gasteiger partial charge is 0.148 e. The number of nitriles is 1. The third-order valence-corrected chi connectivity index (χ3v) is 2.23. The van der Waals surface area contributed by atoms with Crippen molar-refractivity contribution in [2.45, 2.75) is 26.2 Å². The van der Waals surface area contributed by atoms with Gasteiger partial charge in [-0.05, 0) is 23.1 Å². The van der Waals surface area contributed by atoms with E-state index in [-0.39, 0.29) is 12.0 Å². The van der Waals surface area contributed by atoms with E-state index < -0.39 is 0 Å². The Kier molecular flexibility index (Phi) is 3.59. The van der Waals surface area contributed by atoms with E-state index in [1.54, 1.807) is 12.1 Å². The molecule has 0 fully saturated rings. The molecule has 0 atom stereocenters. The van der Waals surface area contributed by atoms with Crippen LogP contribution < -0.4 is 4.74 Å². The molecule has 0 N–H and O–H groups in total. The van der Waals surface area contributed by atoms with E-state index >= 15 is 0 Å². The zero-order chi connectivity index (χ0) is 12.2. The van der Waals surface area contributed by atoms with Gasteiger partial charge in [0.2, 0.25) is 0 Å². The molecule has 0 unspecified atom stereocenters. The summed E-state index contributed by atoms with van der Waals surface area (Å²) in [5.74, 6) is 3.13. The molecule has 2 nitrogen and oxygen atoms in total. The number of hydrogen-bond donors (Lipinski definition) is 0. The van der Waals surface area contributed by atoms with Gasteiger partial charge in [0, 0.05) is 0 Å². The van der Waals surface area contributed by atoms with Crippen LogP contribution in [0.25, 0.3) is 0 Å². The van der Waals surface area contributed by atoms with Crippen LogP contribution >= 0.6 is 0 Å². The minimum Gasteiger partial charge on any atom is -0.481 e. The van der Waals surface area contributed by atoms with Crippen molar-refractivity contribution >= 4 is 0 Å². The molecule has 0 amide bonds. The van der Waals surface area contributed by atoms with Crippen molar-refractivity contribution in [3.63, 3.8) is 0 Å². The van der Waals surface area contributed by atoms with E-state index in [1.165, 1.54) is 0 Å². The van der Waals surface area contributed by atoms with Gasteiger partial charge in [-0.2, -0.15) is 5.26 Å². The Hall–Kier alpha value is -1.93. The summed E-state index contributed by atoms with van der Waals surface area (Å²) in [5.41, 5.74) is 1.61. The summed E-state index contributed by atoms with van der Waals surface area (Å²) < 4.78 is 5.47. The van der Waals surface area contributed by atoms with Crippen molar-refractivity contribution in [2.75, 3.05) is 6.61 Å². The number of ether oxygens (including phenoxy) is 1. The number of rotatable bonds is 2. The Balaban J connectivity index is 3.19. The van der Waals surface area contributed by atoms with Crippen LogP contribution in [0.1, 0.15) is 31.9 Å². The van der Waals surface area contributed by atoms with Gasteiger partial charge in [-0.3, -0.25) is 0 Å². The van der Waals surface area contributed by atoms with Crippen molar-refractivity contribution < 1.29 is 4.74 Å². The molecule has 0 aliphatic heterocycles. The van der Waals surface area contributed by atoms with Crippen LogP contribution in [-0.2, 0) is 5.41 Å². The molecule has 1 rings (SSSR count). The number of nitrogens with zero attached hydrogens (tertiary/aromatic N) is 1. The van der Waals surface area contributed by atoms with E-state index in [2.05, 4.69) is 32.8 Å². The minimum atomic E-state index is -0.0298. The quantitative estimate of drug-likeness (QED) is 0.708. The number of benzene rings is 1. The molecular weight excluding hydrogens is 198 g/mol. The SMILES string of the molecule is C#CCOc1cc(C#N)ccc1C(C)(C)C. The first-order chi connectivity index (χ1) is 7.49. The fourth-order valence-electron chi connectivity index (χ4n) is 1.45. The maximum absolute atomic E-state index is 8.84. The average Bonchev–Trinajstić information content (AvgIpc) is 2.24. The van der Waals surface area contributed by atoms with Gasteiger partial charge in [-0.15, -0.1) is 6.42 Å². The third-order valence-electron chi connectivity index (χ3n) is 2.23. The van der Waals surface area contributed by atoms with Crippen LogP contribution in [0, 0.1) is 23.7 Å². The average molecular weight is 213 g/mol. The van der Waals surface area contributed by atoms with Gasteiger partial charge in [0.25, 0.3) is 0 Å². The second-order valence-corrected chi connectivity index (χ2v) is 4.57.